The Labute approximate surface area is 133 Å². The van der Waals surface area contributed by atoms with E-state index in [0.29, 0.717) is 13.1 Å². The number of likely N-dealkylation sites (N-methyl/N-ethyl adjacent to an activating group) is 1. The number of amides is 1. The standard InChI is InChI=1S/C15H25N3O3S/c1-13-7-5-6-8-14(13)11-18(22(4,20)21)12-15(19)16-9-10-17(2)3/h5-8H,9-12H2,1-4H3,(H,16,19). The highest BCUT2D eigenvalue weighted by Crippen LogP contribution is 2.12. The summed E-state index contributed by atoms with van der Waals surface area (Å²) in [5, 5.41) is 2.73. The zero-order valence-electron chi connectivity index (χ0n) is 13.7. The largest absolute Gasteiger partial charge is 0.354 e. The van der Waals surface area contributed by atoms with Crippen molar-refractivity contribution >= 4 is 15.9 Å². The summed E-state index contributed by atoms with van der Waals surface area (Å²) in [6, 6.07) is 7.56. The van der Waals surface area contributed by atoms with E-state index in [9.17, 15) is 13.2 Å². The van der Waals surface area contributed by atoms with Gasteiger partial charge in [-0.05, 0) is 32.1 Å². The van der Waals surface area contributed by atoms with Crippen molar-refractivity contribution in [1.29, 1.82) is 0 Å². The van der Waals surface area contributed by atoms with Crippen LogP contribution in [0, 0.1) is 6.92 Å². The molecule has 0 spiro atoms. The van der Waals surface area contributed by atoms with E-state index in [2.05, 4.69) is 5.32 Å². The van der Waals surface area contributed by atoms with Gasteiger partial charge in [0, 0.05) is 19.6 Å². The van der Waals surface area contributed by atoms with Gasteiger partial charge in [0.1, 0.15) is 0 Å². The highest BCUT2D eigenvalue weighted by atomic mass is 32.2. The fraction of sp³-hybridized carbons (Fsp3) is 0.533. The Morgan fingerprint density at radius 3 is 2.41 bits per heavy atom. The quantitative estimate of drug-likeness (QED) is 0.752. The Morgan fingerprint density at radius 1 is 1.23 bits per heavy atom. The number of nitrogens with one attached hydrogen (secondary N) is 1. The lowest BCUT2D eigenvalue weighted by molar-refractivity contribution is -0.121. The molecule has 124 valence electrons. The summed E-state index contributed by atoms with van der Waals surface area (Å²) >= 11 is 0. The molecule has 0 fully saturated rings. The van der Waals surface area contributed by atoms with Crippen LogP contribution in [0.4, 0.5) is 0 Å². The molecule has 0 aliphatic rings. The van der Waals surface area contributed by atoms with Gasteiger partial charge in [0.05, 0.1) is 12.8 Å². The fourth-order valence-electron chi connectivity index (χ4n) is 1.90. The summed E-state index contributed by atoms with van der Waals surface area (Å²) in [5.74, 6) is -0.291. The molecule has 0 unspecified atom stereocenters. The number of sulfonamides is 1. The number of aryl methyl sites for hydroxylation is 1. The number of rotatable bonds is 8. The average Bonchev–Trinajstić information content (AvgIpc) is 2.39. The normalized spacial score (nSPS) is 11.9. The topological polar surface area (TPSA) is 69.7 Å². The van der Waals surface area contributed by atoms with Crippen molar-refractivity contribution in [2.75, 3.05) is 40.0 Å². The van der Waals surface area contributed by atoms with Crippen LogP contribution in [0.5, 0.6) is 0 Å². The molecule has 1 aromatic carbocycles. The first-order chi connectivity index (χ1) is 10.2. The van der Waals surface area contributed by atoms with Gasteiger partial charge >= 0.3 is 0 Å². The average molecular weight is 327 g/mol. The summed E-state index contributed by atoms with van der Waals surface area (Å²) in [5.41, 5.74) is 1.90. The van der Waals surface area contributed by atoms with Gasteiger partial charge in [-0.15, -0.1) is 0 Å². The number of hydrogen-bond donors (Lipinski definition) is 1. The van der Waals surface area contributed by atoms with Crippen molar-refractivity contribution in [3.63, 3.8) is 0 Å². The van der Waals surface area contributed by atoms with Crippen LogP contribution >= 0.6 is 0 Å². The van der Waals surface area contributed by atoms with E-state index >= 15 is 0 Å². The molecule has 1 rings (SSSR count). The molecule has 0 saturated carbocycles. The number of nitrogens with zero attached hydrogens (tertiary/aromatic N) is 2. The second-order valence-corrected chi connectivity index (χ2v) is 7.59. The Morgan fingerprint density at radius 2 is 1.86 bits per heavy atom. The minimum atomic E-state index is -3.45. The predicted molar refractivity (Wildman–Crippen MR) is 88.0 cm³/mol. The molecule has 0 atom stereocenters. The maximum atomic E-state index is 11.9. The minimum absolute atomic E-state index is 0.166. The molecule has 22 heavy (non-hydrogen) atoms. The lowest BCUT2D eigenvalue weighted by Gasteiger charge is -2.21. The van der Waals surface area contributed by atoms with Crippen LogP contribution in [-0.4, -0.2) is 63.5 Å². The molecule has 1 aromatic rings. The van der Waals surface area contributed by atoms with Gasteiger partial charge in [0.2, 0.25) is 15.9 Å². The molecule has 0 heterocycles. The number of carbonyl (C=O) groups excluding carboxylic acids is 1. The van der Waals surface area contributed by atoms with Crippen LogP contribution in [0.25, 0.3) is 0 Å². The SMILES string of the molecule is Cc1ccccc1CN(CC(=O)NCCN(C)C)S(C)(=O)=O. The van der Waals surface area contributed by atoms with Crippen molar-refractivity contribution in [1.82, 2.24) is 14.5 Å². The van der Waals surface area contributed by atoms with Gasteiger partial charge in [-0.3, -0.25) is 4.79 Å². The maximum absolute atomic E-state index is 11.9. The molecular formula is C15H25N3O3S. The van der Waals surface area contributed by atoms with E-state index in [0.717, 1.165) is 17.4 Å². The second-order valence-electron chi connectivity index (χ2n) is 5.61. The molecule has 1 N–H and O–H groups in total. The van der Waals surface area contributed by atoms with E-state index in [4.69, 9.17) is 0 Å². The molecule has 0 aromatic heterocycles. The molecule has 7 heteroatoms. The van der Waals surface area contributed by atoms with Crippen molar-refractivity contribution < 1.29 is 13.2 Å². The van der Waals surface area contributed by atoms with Crippen molar-refractivity contribution in [2.24, 2.45) is 0 Å². The summed E-state index contributed by atoms with van der Waals surface area (Å²) in [6.45, 7) is 3.16. The molecule has 0 radical (unpaired) electrons. The van der Waals surface area contributed by atoms with Crippen molar-refractivity contribution in [2.45, 2.75) is 13.5 Å². The van der Waals surface area contributed by atoms with Crippen LogP contribution in [0.3, 0.4) is 0 Å². The third kappa shape index (κ3) is 6.55. The van der Waals surface area contributed by atoms with Gasteiger partial charge in [-0.1, -0.05) is 24.3 Å². The molecule has 6 nitrogen and oxygen atoms in total. The fourth-order valence-corrected chi connectivity index (χ4v) is 2.63. The van der Waals surface area contributed by atoms with Gasteiger partial charge in [0.25, 0.3) is 0 Å². The van der Waals surface area contributed by atoms with Crippen LogP contribution in [-0.2, 0) is 21.4 Å². The van der Waals surface area contributed by atoms with E-state index in [-0.39, 0.29) is 19.0 Å². The zero-order chi connectivity index (χ0) is 16.8. The van der Waals surface area contributed by atoms with E-state index in [1.54, 1.807) is 0 Å². The van der Waals surface area contributed by atoms with Crippen LogP contribution in [0.15, 0.2) is 24.3 Å². The first kappa shape index (κ1) is 18.6. The zero-order valence-corrected chi connectivity index (χ0v) is 14.5. The third-order valence-electron chi connectivity index (χ3n) is 3.28. The second kappa shape index (κ2) is 8.26. The van der Waals surface area contributed by atoms with Crippen LogP contribution < -0.4 is 5.32 Å². The van der Waals surface area contributed by atoms with Gasteiger partial charge < -0.3 is 10.2 Å². The monoisotopic (exact) mass is 327 g/mol. The number of carbonyl (C=O) groups is 1. The first-order valence-corrected chi connectivity index (χ1v) is 8.96. The summed E-state index contributed by atoms with van der Waals surface area (Å²) in [7, 11) is 0.366. The van der Waals surface area contributed by atoms with Gasteiger partial charge in [-0.25, -0.2) is 8.42 Å². The lowest BCUT2D eigenvalue weighted by Crippen LogP contribution is -2.41. The minimum Gasteiger partial charge on any atom is -0.354 e. The summed E-state index contributed by atoms with van der Waals surface area (Å²) in [6.07, 6.45) is 1.12. The van der Waals surface area contributed by atoms with Crippen LogP contribution in [0.1, 0.15) is 11.1 Å². The number of hydrogen-bond acceptors (Lipinski definition) is 4. The summed E-state index contributed by atoms with van der Waals surface area (Å²) in [4.78, 5) is 13.9. The predicted octanol–water partition coefficient (Wildman–Crippen LogP) is 0.434. The van der Waals surface area contributed by atoms with E-state index in [1.165, 1.54) is 4.31 Å². The van der Waals surface area contributed by atoms with Gasteiger partial charge in [-0.2, -0.15) is 4.31 Å². The smallest absolute Gasteiger partial charge is 0.235 e. The molecule has 1 amide bonds. The van der Waals surface area contributed by atoms with Crippen molar-refractivity contribution in [3.05, 3.63) is 35.4 Å². The highest BCUT2D eigenvalue weighted by Gasteiger charge is 2.20. The molecule has 0 saturated heterocycles. The Bertz CT molecular complexity index is 600. The molecule has 0 bridgehead atoms. The lowest BCUT2D eigenvalue weighted by atomic mass is 10.1. The Hall–Kier alpha value is -1.44. The van der Waals surface area contributed by atoms with Gasteiger partial charge in [0.15, 0.2) is 0 Å². The van der Waals surface area contributed by atoms with Crippen molar-refractivity contribution in [3.8, 4) is 0 Å². The molecule has 0 aliphatic heterocycles. The molecular weight excluding hydrogens is 302 g/mol. The van der Waals surface area contributed by atoms with Crippen LogP contribution in [0.2, 0.25) is 0 Å². The summed E-state index contributed by atoms with van der Waals surface area (Å²) < 4.78 is 25.0. The Balaban J connectivity index is 2.70. The first-order valence-electron chi connectivity index (χ1n) is 7.11. The third-order valence-corrected chi connectivity index (χ3v) is 4.47. The highest BCUT2D eigenvalue weighted by molar-refractivity contribution is 7.88. The van der Waals surface area contributed by atoms with E-state index in [1.807, 2.05) is 50.2 Å². The molecule has 0 aliphatic carbocycles. The van der Waals surface area contributed by atoms with E-state index < -0.39 is 10.0 Å². The number of benzene rings is 1. The Kier molecular flexibility index (Phi) is 6.99. The maximum Gasteiger partial charge on any atom is 0.235 e.